The number of halogens is 1. The van der Waals surface area contributed by atoms with E-state index < -0.39 is 12.9 Å². The monoisotopic (exact) mass is 253 g/mol. The van der Waals surface area contributed by atoms with Crippen molar-refractivity contribution >= 4 is 18.5 Å². The molecule has 0 spiro atoms. The van der Waals surface area contributed by atoms with Gasteiger partial charge in [-0.25, -0.2) is 4.39 Å². The Morgan fingerprint density at radius 1 is 1.33 bits per heavy atom. The van der Waals surface area contributed by atoms with E-state index in [9.17, 15) is 9.18 Å². The highest BCUT2D eigenvalue weighted by Crippen LogP contribution is 2.08. The molecule has 96 valence electrons. The molecule has 5 nitrogen and oxygen atoms in total. The third kappa shape index (κ3) is 2.69. The number of hydrogen-bond donors (Lipinski definition) is 2. The molecule has 2 N–H and O–H groups in total. The molecule has 0 saturated carbocycles. The van der Waals surface area contributed by atoms with Crippen molar-refractivity contribution in [2.75, 3.05) is 26.3 Å². The Kier molecular flexibility index (Phi) is 3.95. The molecule has 1 aromatic rings. The molecule has 7 heteroatoms. The molecule has 0 bridgehead atoms. The molecule has 0 aliphatic carbocycles. The third-order valence-electron chi connectivity index (χ3n) is 2.82. The predicted octanol–water partition coefficient (Wildman–Crippen LogP) is -1.02. The molecule has 1 heterocycles. The summed E-state index contributed by atoms with van der Waals surface area (Å²) in [6, 6.07) is 3.61. The molecule has 1 fully saturated rings. The summed E-state index contributed by atoms with van der Waals surface area (Å²) in [6.07, 6.45) is 0. The molecule has 0 atom stereocenters. The van der Waals surface area contributed by atoms with Crippen LogP contribution in [0.15, 0.2) is 18.2 Å². The molecule has 0 unspecified atom stereocenters. The fourth-order valence-electron chi connectivity index (χ4n) is 1.82. The van der Waals surface area contributed by atoms with Crippen LogP contribution in [-0.4, -0.2) is 54.3 Å². The Labute approximate surface area is 104 Å². The summed E-state index contributed by atoms with van der Waals surface area (Å²) in [5.41, 5.74) is -0.0488. The zero-order valence-corrected chi connectivity index (χ0v) is 9.67. The molecule has 1 saturated heterocycles. The van der Waals surface area contributed by atoms with Crippen molar-refractivity contribution in [3.05, 3.63) is 29.6 Å². The van der Waals surface area contributed by atoms with Gasteiger partial charge in [-0.05, 0) is 12.1 Å². The second-order valence-corrected chi connectivity index (χ2v) is 4.01. The number of amides is 1. The van der Waals surface area contributed by atoms with Crippen LogP contribution in [0.4, 0.5) is 4.39 Å². The van der Waals surface area contributed by atoms with Crippen LogP contribution in [0.1, 0.15) is 10.4 Å². The van der Waals surface area contributed by atoms with Gasteiger partial charge in [-0.15, -0.1) is 0 Å². The van der Waals surface area contributed by atoms with E-state index in [1.807, 2.05) is 0 Å². The highest BCUT2D eigenvalue weighted by atomic mass is 19.1. The molecule has 1 aliphatic heterocycles. The third-order valence-corrected chi connectivity index (χ3v) is 2.82. The van der Waals surface area contributed by atoms with Gasteiger partial charge >= 0.3 is 7.12 Å². The number of rotatable bonds is 2. The molecule has 0 aromatic heterocycles. The highest BCUT2D eigenvalue weighted by molar-refractivity contribution is 6.58. The summed E-state index contributed by atoms with van der Waals surface area (Å²) in [7, 11) is -1.88. The van der Waals surface area contributed by atoms with Crippen molar-refractivity contribution in [1.82, 2.24) is 4.90 Å². The van der Waals surface area contributed by atoms with Gasteiger partial charge in [0, 0.05) is 24.1 Å². The summed E-state index contributed by atoms with van der Waals surface area (Å²) in [5.74, 6) is -1.08. The van der Waals surface area contributed by atoms with Crippen molar-refractivity contribution in [3.63, 3.8) is 0 Å². The first-order chi connectivity index (χ1) is 8.59. The Morgan fingerprint density at radius 3 is 2.56 bits per heavy atom. The Balaban J connectivity index is 2.18. The Bertz CT molecular complexity index is 449. The maximum Gasteiger partial charge on any atom is 0.491 e. The number of ether oxygens (including phenoxy) is 1. The number of nitrogens with zero attached hydrogens (tertiary/aromatic N) is 1. The fraction of sp³-hybridized carbons (Fsp3) is 0.364. The number of carbonyl (C=O) groups excluding carboxylic acids is 1. The van der Waals surface area contributed by atoms with E-state index in [2.05, 4.69) is 0 Å². The summed E-state index contributed by atoms with van der Waals surface area (Å²) >= 11 is 0. The van der Waals surface area contributed by atoms with E-state index >= 15 is 0 Å². The van der Waals surface area contributed by atoms with Crippen molar-refractivity contribution in [2.45, 2.75) is 0 Å². The van der Waals surface area contributed by atoms with Gasteiger partial charge in [0.25, 0.3) is 5.91 Å². The van der Waals surface area contributed by atoms with Gasteiger partial charge in [0.15, 0.2) is 0 Å². The largest absolute Gasteiger partial charge is 0.491 e. The van der Waals surface area contributed by atoms with Crippen LogP contribution in [-0.2, 0) is 4.74 Å². The summed E-state index contributed by atoms with van der Waals surface area (Å²) < 4.78 is 18.6. The molecule has 1 aliphatic rings. The van der Waals surface area contributed by atoms with Crippen LogP contribution < -0.4 is 5.46 Å². The lowest BCUT2D eigenvalue weighted by molar-refractivity contribution is 0.0302. The van der Waals surface area contributed by atoms with Gasteiger partial charge in [-0.1, -0.05) is 6.07 Å². The number of benzene rings is 1. The van der Waals surface area contributed by atoms with Gasteiger partial charge in [0.1, 0.15) is 5.82 Å². The average molecular weight is 253 g/mol. The van der Waals surface area contributed by atoms with Crippen LogP contribution in [0, 0.1) is 5.82 Å². The molecule has 1 aromatic carbocycles. The van der Waals surface area contributed by atoms with Crippen LogP contribution in [0.3, 0.4) is 0 Å². The first-order valence-electron chi connectivity index (χ1n) is 5.62. The van der Waals surface area contributed by atoms with Crippen LogP contribution in [0.2, 0.25) is 0 Å². The maximum atomic E-state index is 13.5. The standard InChI is InChI=1S/C11H13BFNO4/c13-10-7-8(1-2-9(10)12(16)17)11(15)14-3-5-18-6-4-14/h1-2,7,16-17H,3-6H2. The maximum absolute atomic E-state index is 13.5. The van der Waals surface area contributed by atoms with E-state index in [-0.39, 0.29) is 16.9 Å². The molecular formula is C11H13BFNO4. The molecular weight excluding hydrogens is 240 g/mol. The second kappa shape index (κ2) is 5.47. The van der Waals surface area contributed by atoms with Crippen molar-refractivity contribution in [2.24, 2.45) is 0 Å². The molecule has 18 heavy (non-hydrogen) atoms. The van der Waals surface area contributed by atoms with E-state index in [1.54, 1.807) is 4.90 Å². The summed E-state index contributed by atoms with van der Waals surface area (Å²) in [4.78, 5) is 13.6. The van der Waals surface area contributed by atoms with Gasteiger partial charge in [-0.3, -0.25) is 4.79 Å². The van der Waals surface area contributed by atoms with E-state index in [4.69, 9.17) is 14.8 Å². The normalized spacial score (nSPS) is 15.6. The molecule has 2 rings (SSSR count). The summed E-state index contributed by atoms with van der Waals surface area (Å²) in [6.45, 7) is 1.90. The first-order valence-corrected chi connectivity index (χ1v) is 5.62. The zero-order chi connectivity index (χ0) is 13.1. The van der Waals surface area contributed by atoms with Crippen LogP contribution in [0.5, 0.6) is 0 Å². The topological polar surface area (TPSA) is 70.0 Å². The van der Waals surface area contributed by atoms with Gasteiger partial charge in [-0.2, -0.15) is 0 Å². The lowest BCUT2D eigenvalue weighted by Gasteiger charge is -2.26. The van der Waals surface area contributed by atoms with E-state index in [0.29, 0.717) is 26.3 Å². The minimum Gasteiger partial charge on any atom is -0.423 e. The highest BCUT2D eigenvalue weighted by Gasteiger charge is 2.22. The minimum atomic E-state index is -1.88. The molecule has 1 amide bonds. The average Bonchev–Trinajstić information content (AvgIpc) is 2.38. The minimum absolute atomic E-state index is 0.193. The number of carbonyl (C=O) groups is 1. The predicted molar refractivity (Wildman–Crippen MR) is 62.9 cm³/mol. The quantitative estimate of drug-likeness (QED) is 0.662. The van der Waals surface area contributed by atoms with Crippen LogP contribution >= 0.6 is 0 Å². The fourth-order valence-corrected chi connectivity index (χ4v) is 1.82. The Hall–Kier alpha value is -1.44. The number of morpholine rings is 1. The van der Waals surface area contributed by atoms with E-state index in [1.165, 1.54) is 12.1 Å². The zero-order valence-electron chi connectivity index (χ0n) is 9.67. The summed E-state index contributed by atoms with van der Waals surface area (Å²) in [5, 5.41) is 17.8. The number of hydrogen-bond acceptors (Lipinski definition) is 4. The molecule has 0 radical (unpaired) electrons. The van der Waals surface area contributed by atoms with E-state index in [0.717, 1.165) is 6.07 Å². The van der Waals surface area contributed by atoms with Crippen molar-refractivity contribution < 1.29 is 24.0 Å². The van der Waals surface area contributed by atoms with Gasteiger partial charge in [0.2, 0.25) is 0 Å². The first kappa shape index (κ1) is 13.0. The Morgan fingerprint density at radius 2 is 2.00 bits per heavy atom. The van der Waals surface area contributed by atoms with Crippen molar-refractivity contribution in [3.8, 4) is 0 Å². The van der Waals surface area contributed by atoms with Crippen LogP contribution in [0.25, 0.3) is 0 Å². The second-order valence-electron chi connectivity index (χ2n) is 4.01. The van der Waals surface area contributed by atoms with Gasteiger partial charge < -0.3 is 19.7 Å². The van der Waals surface area contributed by atoms with Gasteiger partial charge in [0.05, 0.1) is 13.2 Å². The lowest BCUT2D eigenvalue weighted by atomic mass is 9.79. The lowest BCUT2D eigenvalue weighted by Crippen LogP contribution is -2.41. The van der Waals surface area contributed by atoms with Crippen molar-refractivity contribution in [1.29, 1.82) is 0 Å². The SMILES string of the molecule is O=C(c1ccc(B(O)O)c(F)c1)N1CCOCC1. The smallest absolute Gasteiger partial charge is 0.423 e.